The van der Waals surface area contributed by atoms with Gasteiger partial charge in [0.1, 0.15) is 0 Å². The number of hydrogen-bond donors (Lipinski definition) is 0. The van der Waals surface area contributed by atoms with Crippen LogP contribution in [0.15, 0.2) is 12.2 Å². The Morgan fingerprint density at radius 3 is 2.75 bits per heavy atom. The number of ether oxygens (including phenoxy) is 3. The number of methoxy groups -OCH3 is 1. The Labute approximate surface area is 96.6 Å². The summed E-state index contributed by atoms with van der Waals surface area (Å²) in [4.78, 5) is 11.3. The van der Waals surface area contributed by atoms with Crippen molar-refractivity contribution in [2.45, 2.75) is 39.1 Å². The van der Waals surface area contributed by atoms with Crippen molar-refractivity contribution >= 4 is 5.97 Å². The molecule has 1 saturated heterocycles. The first kappa shape index (κ1) is 13.2. The van der Waals surface area contributed by atoms with Gasteiger partial charge in [0.05, 0.1) is 26.2 Å². The zero-order chi connectivity index (χ0) is 12.2. The van der Waals surface area contributed by atoms with Gasteiger partial charge >= 0.3 is 5.97 Å². The molecule has 2 atom stereocenters. The van der Waals surface area contributed by atoms with Gasteiger partial charge in [-0.3, -0.25) is 4.79 Å². The maximum Gasteiger partial charge on any atom is 0.306 e. The van der Waals surface area contributed by atoms with Crippen molar-refractivity contribution in [1.29, 1.82) is 0 Å². The highest BCUT2D eigenvalue weighted by atomic mass is 16.7. The third-order valence-electron chi connectivity index (χ3n) is 2.58. The molecule has 0 unspecified atom stereocenters. The van der Waals surface area contributed by atoms with Crippen LogP contribution in [0.2, 0.25) is 0 Å². The van der Waals surface area contributed by atoms with Crippen LogP contribution in [0.25, 0.3) is 0 Å². The smallest absolute Gasteiger partial charge is 0.306 e. The van der Waals surface area contributed by atoms with E-state index in [0.717, 1.165) is 0 Å². The van der Waals surface area contributed by atoms with E-state index in [1.165, 1.54) is 7.11 Å². The van der Waals surface area contributed by atoms with E-state index < -0.39 is 5.79 Å². The SMILES string of the molecule is C/C=C/[C@H](CC(=O)OC)[C@H]1COC(C)(C)O1. The lowest BCUT2D eigenvalue weighted by molar-refractivity contribution is -0.150. The van der Waals surface area contributed by atoms with Crippen LogP contribution < -0.4 is 0 Å². The maximum absolute atomic E-state index is 11.3. The van der Waals surface area contributed by atoms with Crippen molar-refractivity contribution in [2.75, 3.05) is 13.7 Å². The molecule has 1 aliphatic rings. The Hall–Kier alpha value is -0.870. The van der Waals surface area contributed by atoms with Crippen LogP contribution in [0.5, 0.6) is 0 Å². The Morgan fingerprint density at radius 1 is 1.62 bits per heavy atom. The lowest BCUT2D eigenvalue weighted by Crippen LogP contribution is -2.27. The Balaban J connectivity index is 2.61. The van der Waals surface area contributed by atoms with Crippen molar-refractivity contribution in [3.05, 3.63) is 12.2 Å². The first-order valence-electron chi connectivity index (χ1n) is 5.50. The van der Waals surface area contributed by atoms with Crippen molar-refractivity contribution in [3.8, 4) is 0 Å². The fraction of sp³-hybridized carbons (Fsp3) is 0.750. The zero-order valence-corrected chi connectivity index (χ0v) is 10.4. The summed E-state index contributed by atoms with van der Waals surface area (Å²) in [5.74, 6) is -0.767. The average molecular weight is 228 g/mol. The average Bonchev–Trinajstić information content (AvgIpc) is 2.58. The van der Waals surface area contributed by atoms with Crippen molar-refractivity contribution < 1.29 is 19.0 Å². The maximum atomic E-state index is 11.3. The fourth-order valence-electron chi connectivity index (χ4n) is 1.77. The third-order valence-corrected chi connectivity index (χ3v) is 2.58. The molecule has 16 heavy (non-hydrogen) atoms. The molecule has 1 heterocycles. The van der Waals surface area contributed by atoms with Crippen molar-refractivity contribution in [2.24, 2.45) is 5.92 Å². The molecule has 1 aliphatic heterocycles. The van der Waals surface area contributed by atoms with E-state index in [0.29, 0.717) is 13.0 Å². The molecule has 0 aromatic heterocycles. The largest absolute Gasteiger partial charge is 0.469 e. The van der Waals surface area contributed by atoms with Crippen LogP contribution in [-0.4, -0.2) is 31.6 Å². The van der Waals surface area contributed by atoms with Crippen LogP contribution in [0, 0.1) is 5.92 Å². The number of carbonyl (C=O) groups is 1. The van der Waals surface area contributed by atoms with Crippen LogP contribution in [-0.2, 0) is 19.0 Å². The fourth-order valence-corrected chi connectivity index (χ4v) is 1.77. The van der Waals surface area contributed by atoms with Crippen LogP contribution in [0.3, 0.4) is 0 Å². The molecule has 92 valence electrons. The highest BCUT2D eigenvalue weighted by molar-refractivity contribution is 5.69. The van der Waals surface area contributed by atoms with E-state index in [2.05, 4.69) is 4.74 Å². The summed E-state index contributed by atoms with van der Waals surface area (Å²) in [6.07, 6.45) is 4.13. The highest BCUT2D eigenvalue weighted by Gasteiger charge is 2.37. The second-order valence-corrected chi connectivity index (χ2v) is 4.34. The first-order chi connectivity index (χ1) is 7.48. The molecule has 0 radical (unpaired) electrons. The highest BCUT2D eigenvalue weighted by Crippen LogP contribution is 2.29. The minimum atomic E-state index is -0.555. The predicted molar refractivity (Wildman–Crippen MR) is 59.8 cm³/mol. The van der Waals surface area contributed by atoms with Gasteiger partial charge in [0, 0.05) is 5.92 Å². The van der Waals surface area contributed by atoms with E-state index in [1.807, 2.05) is 32.9 Å². The molecule has 0 bridgehead atoms. The van der Waals surface area contributed by atoms with Crippen LogP contribution in [0.1, 0.15) is 27.2 Å². The number of esters is 1. The van der Waals surface area contributed by atoms with Gasteiger partial charge in [-0.15, -0.1) is 0 Å². The van der Waals surface area contributed by atoms with Gasteiger partial charge in [-0.2, -0.15) is 0 Å². The molecule has 0 spiro atoms. The van der Waals surface area contributed by atoms with E-state index in [1.54, 1.807) is 0 Å². The molecule has 0 aliphatic carbocycles. The van der Waals surface area contributed by atoms with Gasteiger partial charge in [-0.25, -0.2) is 0 Å². The summed E-state index contributed by atoms with van der Waals surface area (Å²) >= 11 is 0. The van der Waals surface area contributed by atoms with Crippen molar-refractivity contribution in [1.82, 2.24) is 0 Å². The zero-order valence-electron chi connectivity index (χ0n) is 10.4. The Morgan fingerprint density at radius 2 is 2.31 bits per heavy atom. The minimum absolute atomic E-state index is 0.0132. The number of allylic oxidation sites excluding steroid dienone is 1. The molecular weight excluding hydrogens is 208 g/mol. The summed E-state index contributed by atoms with van der Waals surface area (Å²) in [5, 5.41) is 0. The molecule has 0 amide bonds. The Kier molecular flexibility index (Phi) is 4.50. The van der Waals surface area contributed by atoms with Gasteiger partial charge in [0.2, 0.25) is 0 Å². The Bertz CT molecular complexity index is 270. The molecule has 4 nitrogen and oxygen atoms in total. The standard InChI is InChI=1S/C12H20O4/c1-5-6-9(7-11(13)14-4)10-8-15-12(2,3)16-10/h5-6,9-10H,7-8H2,1-4H3/b6-5+/t9-,10-/m1/s1. The molecule has 4 heteroatoms. The van der Waals surface area contributed by atoms with Crippen LogP contribution >= 0.6 is 0 Å². The topological polar surface area (TPSA) is 44.8 Å². The molecule has 0 aromatic carbocycles. The predicted octanol–water partition coefficient (Wildman–Crippen LogP) is 1.89. The second kappa shape index (κ2) is 5.46. The van der Waals surface area contributed by atoms with Gasteiger partial charge in [-0.05, 0) is 20.8 Å². The lowest BCUT2D eigenvalue weighted by Gasteiger charge is -2.21. The molecule has 1 rings (SSSR count). The van der Waals surface area contributed by atoms with Crippen LogP contribution in [0.4, 0.5) is 0 Å². The number of carbonyl (C=O) groups excluding carboxylic acids is 1. The van der Waals surface area contributed by atoms with Gasteiger partial charge < -0.3 is 14.2 Å². The summed E-state index contributed by atoms with van der Waals surface area (Å²) < 4.78 is 15.9. The third kappa shape index (κ3) is 3.61. The summed E-state index contributed by atoms with van der Waals surface area (Å²) in [7, 11) is 1.39. The summed E-state index contributed by atoms with van der Waals surface area (Å²) in [6, 6.07) is 0. The lowest BCUT2D eigenvalue weighted by atomic mass is 9.98. The minimum Gasteiger partial charge on any atom is -0.469 e. The molecule has 0 aromatic rings. The van der Waals surface area contributed by atoms with Gasteiger partial charge in [-0.1, -0.05) is 12.2 Å². The second-order valence-electron chi connectivity index (χ2n) is 4.34. The monoisotopic (exact) mass is 228 g/mol. The first-order valence-corrected chi connectivity index (χ1v) is 5.50. The summed E-state index contributed by atoms with van der Waals surface area (Å²) in [5.41, 5.74) is 0. The quantitative estimate of drug-likeness (QED) is 0.544. The van der Waals surface area contributed by atoms with Gasteiger partial charge in [0.15, 0.2) is 5.79 Å². The van der Waals surface area contributed by atoms with E-state index in [9.17, 15) is 4.79 Å². The number of hydrogen-bond acceptors (Lipinski definition) is 4. The summed E-state index contributed by atoms with van der Waals surface area (Å²) in [6.45, 7) is 6.18. The number of rotatable bonds is 4. The molecule has 1 fully saturated rings. The van der Waals surface area contributed by atoms with Crippen molar-refractivity contribution in [3.63, 3.8) is 0 Å². The van der Waals surface area contributed by atoms with E-state index in [-0.39, 0.29) is 18.0 Å². The van der Waals surface area contributed by atoms with E-state index in [4.69, 9.17) is 9.47 Å². The molecule has 0 saturated carbocycles. The van der Waals surface area contributed by atoms with Gasteiger partial charge in [0.25, 0.3) is 0 Å². The van der Waals surface area contributed by atoms with E-state index >= 15 is 0 Å². The molecular formula is C12H20O4. The normalized spacial score (nSPS) is 25.9. The molecule has 0 N–H and O–H groups in total.